The molecule has 0 amide bonds. The molecular formula is C13H22N2O4S. The molecule has 114 valence electrons. The number of hydrogen-bond donors (Lipinski definition) is 2. The van der Waals surface area contributed by atoms with Gasteiger partial charge in [0.2, 0.25) is 0 Å². The summed E-state index contributed by atoms with van der Waals surface area (Å²) in [6, 6.07) is 7.23. The van der Waals surface area contributed by atoms with E-state index in [-0.39, 0.29) is 13.2 Å². The highest BCUT2D eigenvalue weighted by Gasteiger charge is 2.18. The Balaban J connectivity index is 2.81. The summed E-state index contributed by atoms with van der Waals surface area (Å²) in [7, 11) is -0.513. The Bertz CT molecular complexity index is 505. The number of aliphatic hydroxyl groups excluding tert-OH is 1. The van der Waals surface area contributed by atoms with Crippen LogP contribution in [-0.2, 0) is 21.4 Å². The third-order valence-corrected chi connectivity index (χ3v) is 4.35. The summed E-state index contributed by atoms with van der Waals surface area (Å²) in [5.74, 6) is 0. The van der Waals surface area contributed by atoms with Gasteiger partial charge in [0.1, 0.15) is 0 Å². The smallest absolute Gasteiger partial charge is 0.301 e. The highest BCUT2D eigenvalue weighted by molar-refractivity contribution is 7.90. The predicted molar refractivity (Wildman–Crippen MR) is 78.9 cm³/mol. The van der Waals surface area contributed by atoms with Crippen molar-refractivity contribution in [1.29, 1.82) is 0 Å². The van der Waals surface area contributed by atoms with Gasteiger partial charge in [0.05, 0.1) is 12.3 Å². The fourth-order valence-corrected chi connectivity index (χ4v) is 2.68. The van der Waals surface area contributed by atoms with Crippen LogP contribution in [0.25, 0.3) is 0 Å². The van der Waals surface area contributed by atoms with Crippen LogP contribution in [0.2, 0.25) is 0 Å². The van der Waals surface area contributed by atoms with E-state index >= 15 is 0 Å². The van der Waals surface area contributed by atoms with Crippen LogP contribution in [0.5, 0.6) is 0 Å². The summed E-state index contributed by atoms with van der Waals surface area (Å²) in [5, 5.41) is 8.76. The molecule has 0 saturated carbocycles. The second-order valence-electron chi connectivity index (χ2n) is 4.41. The van der Waals surface area contributed by atoms with E-state index in [1.54, 1.807) is 19.2 Å². The van der Waals surface area contributed by atoms with Gasteiger partial charge in [-0.15, -0.1) is 0 Å². The van der Waals surface area contributed by atoms with Crippen molar-refractivity contribution in [2.75, 3.05) is 38.6 Å². The standard InChI is InChI=1S/C13H22N2O4S/c1-15(9-5-10-16)20(17,18)14-13-7-4-3-6-12(13)8-11-19-2/h3-4,6-7,14,16H,5,8-11H2,1-2H3. The van der Waals surface area contributed by atoms with Gasteiger partial charge >= 0.3 is 10.2 Å². The van der Waals surface area contributed by atoms with E-state index in [0.29, 0.717) is 25.1 Å². The van der Waals surface area contributed by atoms with Gasteiger partial charge in [0.15, 0.2) is 0 Å². The van der Waals surface area contributed by atoms with E-state index < -0.39 is 10.2 Å². The van der Waals surface area contributed by atoms with Gasteiger partial charge in [0.25, 0.3) is 0 Å². The number of nitrogens with one attached hydrogen (secondary N) is 1. The third kappa shape index (κ3) is 5.09. The van der Waals surface area contributed by atoms with Gasteiger partial charge in [-0.2, -0.15) is 12.7 Å². The van der Waals surface area contributed by atoms with E-state index in [4.69, 9.17) is 9.84 Å². The lowest BCUT2D eigenvalue weighted by Gasteiger charge is -2.19. The number of nitrogens with zero attached hydrogens (tertiary/aromatic N) is 1. The van der Waals surface area contributed by atoms with Gasteiger partial charge in [0, 0.05) is 27.3 Å². The van der Waals surface area contributed by atoms with E-state index in [1.165, 1.54) is 11.4 Å². The Hall–Kier alpha value is -1.15. The van der Waals surface area contributed by atoms with Gasteiger partial charge in [-0.3, -0.25) is 4.72 Å². The molecule has 2 N–H and O–H groups in total. The maximum absolute atomic E-state index is 12.1. The first-order chi connectivity index (χ1) is 9.51. The zero-order chi connectivity index (χ0) is 15.0. The molecule has 0 aromatic heterocycles. The van der Waals surface area contributed by atoms with Crippen LogP contribution in [0.1, 0.15) is 12.0 Å². The summed E-state index contributed by atoms with van der Waals surface area (Å²) in [5.41, 5.74) is 1.44. The molecule has 1 rings (SSSR count). The van der Waals surface area contributed by atoms with Crippen LogP contribution in [0.4, 0.5) is 5.69 Å². The van der Waals surface area contributed by atoms with Gasteiger partial charge in [-0.05, 0) is 24.5 Å². The Morgan fingerprint density at radius 3 is 2.70 bits per heavy atom. The second-order valence-corrected chi connectivity index (χ2v) is 6.18. The molecule has 0 aliphatic heterocycles. The van der Waals surface area contributed by atoms with Gasteiger partial charge in [-0.1, -0.05) is 18.2 Å². The zero-order valence-electron chi connectivity index (χ0n) is 11.9. The Labute approximate surface area is 120 Å². The van der Waals surface area contributed by atoms with Crippen molar-refractivity contribution in [3.05, 3.63) is 29.8 Å². The molecule has 0 saturated heterocycles. The first kappa shape index (κ1) is 16.9. The summed E-state index contributed by atoms with van der Waals surface area (Å²) in [6.45, 7) is 0.759. The average molecular weight is 302 g/mol. The Kier molecular flexibility index (Phi) is 6.94. The van der Waals surface area contributed by atoms with Crippen molar-refractivity contribution in [2.45, 2.75) is 12.8 Å². The molecule has 0 unspecified atom stereocenters. The van der Waals surface area contributed by atoms with Gasteiger partial charge < -0.3 is 9.84 Å². The molecule has 1 aromatic rings. The molecule has 20 heavy (non-hydrogen) atoms. The molecule has 6 nitrogen and oxygen atoms in total. The number of methoxy groups -OCH3 is 1. The molecule has 0 radical (unpaired) electrons. The highest BCUT2D eigenvalue weighted by Crippen LogP contribution is 2.18. The molecule has 0 atom stereocenters. The summed E-state index contributed by atoms with van der Waals surface area (Å²) in [4.78, 5) is 0. The summed E-state index contributed by atoms with van der Waals surface area (Å²) in [6.07, 6.45) is 1.04. The minimum atomic E-state index is -3.60. The van der Waals surface area contributed by atoms with Crippen LogP contribution in [-0.4, -0.2) is 51.7 Å². The highest BCUT2D eigenvalue weighted by atomic mass is 32.2. The number of para-hydroxylation sites is 1. The third-order valence-electron chi connectivity index (χ3n) is 2.87. The monoisotopic (exact) mass is 302 g/mol. The van der Waals surface area contributed by atoms with E-state index in [9.17, 15) is 8.42 Å². The fourth-order valence-electron chi connectivity index (χ4n) is 1.68. The number of anilines is 1. The molecular weight excluding hydrogens is 280 g/mol. The fraction of sp³-hybridized carbons (Fsp3) is 0.538. The molecule has 0 heterocycles. The molecule has 0 aliphatic carbocycles. The first-order valence-electron chi connectivity index (χ1n) is 6.43. The predicted octanol–water partition coefficient (Wildman–Crippen LogP) is 0.846. The minimum Gasteiger partial charge on any atom is -0.396 e. The lowest BCUT2D eigenvalue weighted by atomic mass is 10.1. The maximum Gasteiger partial charge on any atom is 0.301 e. The lowest BCUT2D eigenvalue weighted by Crippen LogP contribution is -2.34. The maximum atomic E-state index is 12.1. The van der Waals surface area contributed by atoms with Crippen molar-refractivity contribution in [2.24, 2.45) is 0 Å². The van der Waals surface area contributed by atoms with Crippen molar-refractivity contribution in [1.82, 2.24) is 4.31 Å². The Morgan fingerprint density at radius 1 is 1.35 bits per heavy atom. The number of ether oxygens (including phenoxy) is 1. The zero-order valence-corrected chi connectivity index (χ0v) is 12.7. The second kappa shape index (κ2) is 8.21. The summed E-state index contributed by atoms with van der Waals surface area (Å²) < 4.78 is 33.0. The lowest BCUT2D eigenvalue weighted by molar-refractivity contribution is 0.202. The van der Waals surface area contributed by atoms with Crippen molar-refractivity contribution in [3.8, 4) is 0 Å². The molecule has 7 heteroatoms. The van der Waals surface area contributed by atoms with E-state index in [1.807, 2.05) is 12.1 Å². The van der Waals surface area contributed by atoms with Crippen LogP contribution in [0.15, 0.2) is 24.3 Å². The van der Waals surface area contributed by atoms with Crippen LogP contribution in [0, 0.1) is 0 Å². The largest absolute Gasteiger partial charge is 0.396 e. The molecule has 1 aromatic carbocycles. The topological polar surface area (TPSA) is 78.9 Å². The van der Waals surface area contributed by atoms with E-state index in [0.717, 1.165) is 5.56 Å². The molecule has 0 aliphatic rings. The van der Waals surface area contributed by atoms with Crippen LogP contribution >= 0.6 is 0 Å². The van der Waals surface area contributed by atoms with Gasteiger partial charge in [-0.25, -0.2) is 0 Å². The van der Waals surface area contributed by atoms with E-state index in [2.05, 4.69) is 4.72 Å². The summed E-state index contributed by atoms with van der Waals surface area (Å²) >= 11 is 0. The number of hydrogen-bond acceptors (Lipinski definition) is 4. The molecule has 0 bridgehead atoms. The van der Waals surface area contributed by atoms with Crippen LogP contribution in [0.3, 0.4) is 0 Å². The Morgan fingerprint density at radius 2 is 2.05 bits per heavy atom. The van der Waals surface area contributed by atoms with Crippen molar-refractivity contribution < 1.29 is 18.3 Å². The van der Waals surface area contributed by atoms with Crippen LogP contribution < -0.4 is 4.72 Å². The quantitative estimate of drug-likeness (QED) is 0.709. The van der Waals surface area contributed by atoms with Crippen molar-refractivity contribution in [3.63, 3.8) is 0 Å². The van der Waals surface area contributed by atoms with Crippen molar-refractivity contribution >= 4 is 15.9 Å². The molecule has 0 fully saturated rings. The molecule has 0 spiro atoms. The average Bonchev–Trinajstić information content (AvgIpc) is 2.43. The number of rotatable bonds is 9. The first-order valence-corrected chi connectivity index (χ1v) is 7.87. The normalized spacial score (nSPS) is 11.8. The minimum absolute atomic E-state index is 0.0374. The SMILES string of the molecule is COCCc1ccccc1NS(=O)(=O)N(C)CCCO. The number of aliphatic hydroxyl groups is 1. The number of benzene rings is 1.